The van der Waals surface area contributed by atoms with E-state index in [9.17, 15) is 9.36 Å². The predicted molar refractivity (Wildman–Crippen MR) is 60.9 cm³/mol. The molecule has 0 spiro atoms. The largest absolute Gasteiger partial charge is 0.344 e. The third-order valence-corrected chi connectivity index (χ3v) is 3.63. The monoisotopic (exact) mass is 264 g/mol. The third-order valence-electron chi connectivity index (χ3n) is 1.95. The standard InChI is InChI=1S/C8H13N2O4PS/c1-8(9,6-3-2-4-16-6)7(11)10-5-15(12,13)14/h2-4H,5,9H2,1H3,(H,10,11)(H2,12,13,14). The highest BCUT2D eigenvalue weighted by atomic mass is 32.1. The van der Waals surface area contributed by atoms with E-state index < -0.39 is 25.3 Å². The van der Waals surface area contributed by atoms with Crippen molar-refractivity contribution in [3.8, 4) is 0 Å². The number of nitrogens with two attached hydrogens (primary N) is 1. The Balaban J connectivity index is 2.70. The molecule has 0 aliphatic heterocycles. The van der Waals surface area contributed by atoms with E-state index >= 15 is 0 Å². The number of nitrogens with one attached hydrogen (secondary N) is 1. The zero-order valence-electron chi connectivity index (χ0n) is 8.58. The maximum atomic E-state index is 11.6. The maximum Gasteiger partial charge on any atom is 0.344 e. The minimum atomic E-state index is -4.25. The summed E-state index contributed by atoms with van der Waals surface area (Å²) in [6, 6.07) is 3.45. The van der Waals surface area contributed by atoms with E-state index in [1.807, 2.05) is 0 Å². The van der Waals surface area contributed by atoms with Crippen LogP contribution >= 0.6 is 18.9 Å². The smallest absolute Gasteiger partial charge is 0.343 e. The van der Waals surface area contributed by atoms with Gasteiger partial charge in [-0.25, -0.2) is 0 Å². The molecular weight excluding hydrogens is 251 g/mol. The molecule has 1 rings (SSSR count). The predicted octanol–water partition coefficient (Wildman–Crippen LogP) is 0.173. The Kier molecular flexibility index (Phi) is 3.88. The van der Waals surface area contributed by atoms with Crippen LogP contribution in [0.1, 0.15) is 11.8 Å². The van der Waals surface area contributed by atoms with Gasteiger partial charge in [-0.1, -0.05) is 6.07 Å². The van der Waals surface area contributed by atoms with Crippen LogP contribution in [0.5, 0.6) is 0 Å². The Morgan fingerprint density at radius 1 is 1.69 bits per heavy atom. The van der Waals surface area contributed by atoms with Crippen LogP contribution in [0.2, 0.25) is 0 Å². The van der Waals surface area contributed by atoms with Crippen LogP contribution in [0, 0.1) is 0 Å². The van der Waals surface area contributed by atoms with Crippen LogP contribution in [-0.2, 0) is 14.9 Å². The van der Waals surface area contributed by atoms with Gasteiger partial charge in [0.25, 0.3) is 0 Å². The highest BCUT2D eigenvalue weighted by Crippen LogP contribution is 2.32. The minimum absolute atomic E-state index is 0.613. The van der Waals surface area contributed by atoms with Gasteiger partial charge in [0.05, 0.1) is 0 Å². The second kappa shape index (κ2) is 4.65. The van der Waals surface area contributed by atoms with Crippen molar-refractivity contribution >= 4 is 24.8 Å². The van der Waals surface area contributed by atoms with Gasteiger partial charge < -0.3 is 20.8 Å². The van der Waals surface area contributed by atoms with Crippen molar-refractivity contribution in [3.63, 3.8) is 0 Å². The van der Waals surface area contributed by atoms with E-state index in [0.29, 0.717) is 4.88 Å². The lowest BCUT2D eigenvalue weighted by Gasteiger charge is -2.22. The van der Waals surface area contributed by atoms with E-state index in [1.54, 1.807) is 17.5 Å². The normalized spacial score (nSPS) is 15.5. The van der Waals surface area contributed by atoms with Gasteiger partial charge in [0.1, 0.15) is 11.8 Å². The highest BCUT2D eigenvalue weighted by molar-refractivity contribution is 7.51. The molecule has 0 saturated carbocycles. The lowest BCUT2D eigenvalue weighted by atomic mass is 10.0. The Labute approximate surface area is 96.6 Å². The van der Waals surface area contributed by atoms with Gasteiger partial charge in [-0.05, 0) is 18.4 Å². The molecule has 0 aromatic carbocycles. The Hall–Kier alpha value is -0.720. The van der Waals surface area contributed by atoms with Gasteiger partial charge in [-0.3, -0.25) is 9.36 Å². The van der Waals surface area contributed by atoms with Crippen LogP contribution in [0.3, 0.4) is 0 Å². The van der Waals surface area contributed by atoms with E-state index in [0.717, 1.165) is 0 Å². The first-order chi connectivity index (χ1) is 7.23. The molecule has 8 heteroatoms. The fourth-order valence-corrected chi connectivity index (χ4v) is 2.19. The number of carbonyl (C=O) groups is 1. The number of rotatable bonds is 4. The highest BCUT2D eigenvalue weighted by Gasteiger charge is 2.32. The number of hydrogen-bond acceptors (Lipinski definition) is 4. The molecular formula is C8H13N2O4PS. The van der Waals surface area contributed by atoms with Gasteiger partial charge in [-0.2, -0.15) is 0 Å². The van der Waals surface area contributed by atoms with Crippen LogP contribution in [-0.4, -0.2) is 22.0 Å². The molecule has 1 heterocycles. The van der Waals surface area contributed by atoms with Crippen molar-refractivity contribution in [2.24, 2.45) is 5.73 Å². The molecule has 1 atom stereocenters. The van der Waals surface area contributed by atoms with Gasteiger partial charge in [0, 0.05) is 4.88 Å². The zero-order valence-corrected chi connectivity index (χ0v) is 10.3. The van der Waals surface area contributed by atoms with Crippen molar-refractivity contribution in [2.45, 2.75) is 12.5 Å². The van der Waals surface area contributed by atoms with Gasteiger partial charge >= 0.3 is 7.60 Å². The van der Waals surface area contributed by atoms with E-state index in [1.165, 1.54) is 18.3 Å². The Morgan fingerprint density at radius 2 is 2.31 bits per heavy atom. The van der Waals surface area contributed by atoms with E-state index in [4.69, 9.17) is 15.5 Å². The van der Waals surface area contributed by atoms with Crippen molar-refractivity contribution in [1.82, 2.24) is 5.32 Å². The average Bonchev–Trinajstić information content (AvgIpc) is 2.65. The van der Waals surface area contributed by atoms with Crippen molar-refractivity contribution in [3.05, 3.63) is 22.4 Å². The van der Waals surface area contributed by atoms with Gasteiger partial charge in [0.15, 0.2) is 0 Å². The molecule has 1 aromatic rings. The van der Waals surface area contributed by atoms with Crippen LogP contribution < -0.4 is 11.1 Å². The molecule has 5 N–H and O–H groups in total. The zero-order chi connectivity index (χ0) is 12.4. The summed E-state index contributed by atoms with van der Waals surface area (Å²) in [6.45, 7) is 1.49. The van der Waals surface area contributed by atoms with Crippen molar-refractivity contribution < 1.29 is 19.1 Å². The summed E-state index contributed by atoms with van der Waals surface area (Å²) in [5.74, 6) is -0.613. The van der Waals surface area contributed by atoms with Gasteiger partial charge in [-0.15, -0.1) is 11.3 Å². The van der Waals surface area contributed by atoms with Gasteiger partial charge in [0.2, 0.25) is 5.91 Å². The molecule has 0 aliphatic rings. The lowest BCUT2D eigenvalue weighted by molar-refractivity contribution is -0.125. The van der Waals surface area contributed by atoms with Crippen LogP contribution in [0.4, 0.5) is 0 Å². The van der Waals surface area contributed by atoms with Crippen LogP contribution in [0.25, 0.3) is 0 Å². The molecule has 0 aliphatic carbocycles. The lowest BCUT2D eigenvalue weighted by Crippen LogP contribution is -2.48. The Morgan fingerprint density at radius 3 is 2.75 bits per heavy atom. The first-order valence-corrected chi connectivity index (χ1v) is 7.07. The summed E-state index contributed by atoms with van der Waals surface area (Å²) in [5, 5.41) is 3.91. The number of thiophene rings is 1. The molecule has 0 saturated heterocycles. The fraction of sp³-hybridized carbons (Fsp3) is 0.375. The summed E-state index contributed by atoms with van der Waals surface area (Å²) in [5.41, 5.74) is 4.53. The molecule has 90 valence electrons. The molecule has 16 heavy (non-hydrogen) atoms. The summed E-state index contributed by atoms with van der Waals surface area (Å²) < 4.78 is 10.6. The quantitative estimate of drug-likeness (QED) is 0.579. The molecule has 0 radical (unpaired) electrons. The number of amides is 1. The summed E-state index contributed by atoms with van der Waals surface area (Å²) in [6.07, 6.45) is -0.704. The molecule has 0 fully saturated rings. The average molecular weight is 264 g/mol. The second-order valence-electron chi connectivity index (χ2n) is 3.51. The molecule has 1 amide bonds. The van der Waals surface area contributed by atoms with Crippen molar-refractivity contribution in [2.75, 3.05) is 6.29 Å². The summed E-state index contributed by atoms with van der Waals surface area (Å²) in [7, 11) is -4.25. The van der Waals surface area contributed by atoms with Crippen molar-refractivity contribution in [1.29, 1.82) is 0 Å². The number of hydrogen-bond donors (Lipinski definition) is 4. The summed E-state index contributed by atoms with van der Waals surface area (Å²) in [4.78, 5) is 29.5. The second-order valence-corrected chi connectivity index (χ2v) is 6.10. The fourth-order valence-electron chi connectivity index (χ4n) is 1.04. The SMILES string of the molecule is CC(N)(C(=O)NCP(=O)(O)O)c1cccs1. The number of carbonyl (C=O) groups excluding carboxylic acids is 1. The first kappa shape index (κ1) is 13.3. The topological polar surface area (TPSA) is 113 Å². The minimum Gasteiger partial charge on any atom is -0.343 e. The third kappa shape index (κ3) is 3.40. The molecule has 1 unspecified atom stereocenters. The summed E-state index contributed by atoms with van der Waals surface area (Å²) >= 11 is 1.31. The van der Waals surface area contributed by atoms with E-state index in [-0.39, 0.29) is 0 Å². The van der Waals surface area contributed by atoms with E-state index in [2.05, 4.69) is 5.32 Å². The Bertz CT molecular complexity index is 412. The molecule has 6 nitrogen and oxygen atoms in total. The molecule has 1 aromatic heterocycles. The molecule has 0 bridgehead atoms. The first-order valence-electron chi connectivity index (χ1n) is 4.39. The maximum absolute atomic E-state index is 11.6. The van der Waals surface area contributed by atoms with Crippen LogP contribution in [0.15, 0.2) is 17.5 Å².